The molecule has 1 unspecified atom stereocenters. The van der Waals surface area contributed by atoms with Gasteiger partial charge < -0.3 is 15.0 Å². The van der Waals surface area contributed by atoms with Crippen LogP contribution in [0, 0.1) is 0 Å². The first-order chi connectivity index (χ1) is 10.8. The van der Waals surface area contributed by atoms with Gasteiger partial charge in [0.1, 0.15) is 0 Å². The molecule has 0 amide bonds. The van der Waals surface area contributed by atoms with Crippen LogP contribution in [-0.4, -0.2) is 41.5 Å². The minimum absolute atomic E-state index is 0.336. The van der Waals surface area contributed by atoms with E-state index >= 15 is 0 Å². The molecule has 1 atom stereocenters. The molecule has 0 aliphatic carbocycles. The number of hydrogen-bond donors (Lipinski definition) is 1. The van der Waals surface area contributed by atoms with Crippen LogP contribution in [0.2, 0.25) is 0 Å². The van der Waals surface area contributed by atoms with Crippen LogP contribution in [0.25, 0.3) is 0 Å². The molecule has 1 aliphatic rings. The number of fused-ring (bicyclic) bond motifs is 1. The van der Waals surface area contributed by atoms with Crippen molar-refractivity contribution in [1.29, 1.82) is 0 Å². The Balaban J connectivity index is 1.77. The minimum atomic E-state index is 0.336. The van der Waals surface area contributed by atoms with Gasteiger partial charge in [0.15, 0.2) is 5.82 Å². The topological polar surface area (TPSA) is 63.2 Å². The Labute approximate surface area is 130 Å². The summed E-state index contributed by atoms with van der Waals surface area (Å²) in [6.07, 6.45) is 3.59. The molecule has 0 spiro atoms. The third-order valence-corrected chi connectivity index (χ3v) is 3.80. The zero-order chi connectivity index (χ0) is 15.4. The number of aromatic nitrogens is 3. The molecule has 0 fully saturated rings. The molecular formula is C16H21N5O. The van der Waals surface area contributed by atoms with Crippen LogP contribution < -0.4 is 10.2 Å². The number of hydrogen-bond acceptors (Lipinski definition) is 6. The first-order valence-electron chi connectivity index (χ1n) is 7.59. The lowest BCUT2D eigenvalue weighted by Gasteiger charge is -2.22. The summed E-state index contributed by atoms with van der Waals surface area (Å²) in [5, 5.41) is 11.6. The number of ether oxygens (including phenoxy) is 1. The summed E-state index contributed by atoms with van der Waals surface area (Å²) in [5.74, 6) is 1.40. The van der Waals surface area contributed by atoms with Gasteiger partial charge in [0.25, 0.3) is 5.95 Å². The number of para-hydroxylation sites is 1. The van der Waals surface area contributed by atoms with E-state index in [1.165, 1.54) is 11.3 Å². The van der Waals surface area contributed by atoms with Gasteiger partial charge in [0, 0.05) is 32.0 Å². The van der Waals surface area contributed by atoms with Gasteiger partial charge in [-0.3, -0.25) is 0 Å². The van der Waals surface area contributed by atoms with E-state index < -0.39 is 0 Å². The third kappa shape index (κ3) is 3.01. The van der Waals surface area contributed by atoms with Crippen molar-refractivity contribution in [3.05, 3.63) is 36.0 Å². The zero-order valence-corrected chi connectivity index (χ0v) is 13.0. The average Bonchev–Trinajstić information content (AvgIpc) is 2.87. The standard InChI is InChI=1S/C16H21N5O/c1-12-10-13-6-3-4-7-14(13)21(12)16-19-15(11-18-20-16)17-8-5-9-22-2/h3-4,6-7,11-12H,5,8-10H2,1-2H3,(H,17,19,20). The molecule has 6 nitrogen and oxygen atoms in total. The zero-order valence-electron chi connectivity index (χ0n) is 13.0. The van der Waals surface area contributed by atoms with E-state index in [1.54, 1.807) is 13.3 Å². The number of benzene rings is 1. The van der Waals surface area contributed by atoms with Gasteiger partial charge in [-0.1, -0.05) is 18.2 Å². The predicted octanol–water partition coefficient (Wildman–Crippen LogP) is 2.40. The van der Waals surface area contributed by atoms with E-state index in [9.17, 15) is 0 Å². The normalized spacial score (nSPS) is 16.6. The number of nitrogens with one attached hydrogen (secondary N) is 1. The Kier molecular flexibility index (Phi) is 4.48. The molecule has 2 heterocycles. The van der Waals surface area contributed by atoms with Gasteiger partial charge in [-0.2, -0.15) is 10.1 Å². The van der Waals surface area contributed by atoms with Crippen molar-refractivity contribution < 1.29 is 4.74 Å². The fourth-order valence-electron chi connectivity index (χ4n) is 2.78. The van der Waals surface area contributed by atoms with E-state index in [0.29, 0.717) is 12.0 Å². The third-order valence-electron chi connectivity index (χ3n) is 3.80. The molecular weight excluding hydrogens is 278 g/mol. The molecule has 1 N–H and O–H groups in total. The number of rotatable bonds is 6. The van der Waals surface area contributed by atoms with E-state index in [2.05, 4.69) is 50.5 Å². The summed E-state index contributed by atoms with van der Waals surface area (Å²) in [6, 6.07) is 8.72. The van der Waals surface area contributed by atoms with E-state index in [1.807, 2.05) is 6.07 Å². The van der Waals surface area contributed by atoms with Crippen molar-refractivity contribution in [3.63, 3.8) is 0 Å². The Hall–Kier alpha value is -2.21. The molecule has 3 rings (SSSR count). The number of anilines is 3. The summed E-state index contributed by atoms with van der Waals surface area (Å²) < 4.78 is 5.04. The molecule has 1 aliphatic heterocycles. The number of nitrogens with zero attached hydrogens (tertiary/aromatic N) is 4. The largest absolute Gasteiger partial charge is 0.385 e. The van der Waals surface area contributed by atoms with Crippen LogP contribution in [0.1, 0.15) is 18.9 Å². The summed E-state index contributed by atoms with van der Waals surface area (Å²) >= 11 is 0. The lowest BCUT2D eigenvalue weighted by molar-refractivity contribution is 0.197. The molecule has 22 heavy (non-hydrogen) atoms. The molecule has 0 radical (unpaired) electrons. The van der Waals surface area contributed by atoms with E-state index in [0.717, 1.165) is 31.8 Å². The maximum Gasteiger partial charge on any atom is 0.252 e. The van der Waals surface area contributed by atoms with Gasteiger partial charge in [0.05, 0.1) is 6.20 Å². The van der Waals surface area contributed by atoms with Gasteiger partial charge in [-0.05, 0) is 31.4 Å². The quantitative estimate of drug-likeness (QED) is 0.826. The summed E-state index contributed by atoms with van der Waals surface area (Å²) in [6.45, 7) is 3.72. The molecule has 0 bridgehead atoms. The first-order valence-corrected chi connectivity index (χ1v) is 7.59. The van der Waals surface area contributed by atoms with Crippen molar-refractivity contribution in [2.75, 3.05) is 30.5 Å². The molecule has 0 saturated carbocycles. The highest BCUT2D eigenvalue weighted by Gasteiger charge is 2.28. The second-order valence-electron chi connectivity index (χ2n) is 5.47. The molecule has 6 heteroatoms. The maximum absolute atomic E-state index is 5.04. The summed E-state index contributed by atoms with van der Waals surface area (Å²) in [7, 11) is 1.70. The van der Waals surface area contributed by atoms with Crippen molar-refractivity contribution >= 4 is 17.5 Å². The van der Waals surface area contributed by atoms with Gasteiger partial charge in [-0.15, -0.1) is 5.10 Å². The molecule has 116 valence electrons. The average molecular weight is 299 g/mol. The van der Waals surface area contributed by atoms with Crippen molar-refractivity contribution in [3.8, 4) is 0 Å². The highest BCUT2D eigenvalue weighted by molar-refractivity contribution is 5.67. The summed E-state index contributed by atoms with van der Waals surface area (Å²) in [5.41, 5.74) is 2.50. The lowest BCUT2D eigenvalue weighted by Crippen LogP contribution is -2.26. The van der Waals surface area contributed by atoms with Crippen LogP contribution in [-0.2, 0) is 11.2 Å². The highest BCUT2D eigenvalue weighted by Crippen LogP contribution is 2.36. The minimum Gasteiger partial charge on any atom is -0.385 e. The maximum atomic E-state index is 5.04. The van der Waals surface area contributed by atoms with Gasteiger partial charge >= 0.3 is 0 Å². The molecule has 1 aromatic carbocycles. The van der Waals surface area contributed by atoms with Crippen molar-refractivity contribution in [2.24, 2.45) is 0 Å². The predicted molar refractivity (Wildman–Crippen MR) is 86.6 cm³/mol. The Bertz CT molecular complexity index is 633. The second-order valence-corrected chi connectivity index (χ2v) is 5.47. The molecule has 2 aromatic rings. The fraction of sp³-hybridized carbons (Fsp3) is 0.438. The van der Waals surface area contributed by atoms with Crippen LogP contribution >= 0.6 is 0 Å². The SMILES string of the molecule is COCCCNc1cnnc(N2c3ccccc3CC2C)n1. The van der Waals surface area contributed by atoms with Gasteiger partial charge in [0.2, 0.25) is 0 Å². The van der Waals surface area contributed by atoms with Gasteiger partial charge in [-0.25, -0.2) is 0 Å². The van der Waals surface area contributed by atoms with Crippen molar-refractivity contribution in [1.82, 2.24) is 15.2 Å². The second kappa shape index (κ2) is 6.70. The highest BCUT2D eigenvalue weighted by atomic mass is 16.5. The Morgan fingerprint density at radius 1 is 1.36 bits per heavy atom. The smallest absolute Gasteiger partial charge is 0.252 e. The lowest BCUT2D eigenvalue weighted by atomic mass is 10.1. The van der Waals surface area contributed by atoms with E-state index in [4.69, 9.17) is 4.74 Å². The first kappa shape index (κ1) is 14.7. The summed E-state index contributed by atoms with van der Waals surface area (Å²) in [4.78, 5) is 6.76. The van der Waals surface area contributed by atoms with Crippen LogP contribution in [0.5, 0.6) is 0 Å². The number of methoxy groups -OCH3 is 1. The molecule has 1 aromatic heterocycles. The van der Waals surface area contributed by atoms with Crippen molar-refractivity contribution in [2.45, 2.75) is 25.8 Å². The van der Waals surface area contributed by atoms with Crippen LogP contribution in [0.15, 0.2) is 30.5 Å². The van der Waals surface area contributed by atoms with Crippen LogP contribution in [0.3, 0.4) is 0 Å². The monoisotopic (exact) mass is 299 g/mol. The Morgan fingerprint density at radius 2 is 2.23 bits per heavy atom. The fourth-order valence-corrected chi connectivity index (χ4v) is 2.78. The van der Waals surface area contributed by atoms with E-state index in [-0.39, 0.29) is 0 Å². The Morgan fingerprint density at radius 3 is 3.09 bits per heavy atom. The van der Waals surface area contributed by atoms with Crippen LogP contribution in [0.4, 0.5) is 17.5 Å². The molecule has 0 saturated heterocycles.